The van der Waals surface area contributed by atoms with E-state index in [1.165, 1.54) is 7.11 Å². The van der Waals surface area contributed by atoms with Gasteiger partial charge in [-0.25, -0.2) is 4.79 Å². The van der Waals surface area contributed by atoms with Gasteiger partial charge in [0.2, 0.25) is 0 Å². The van der Waals surface area contributed by atoms with E-state index in [-0.39, 0.29) is 12.6 Å². The molecular formula is C13H16O4. The van der Waals surface area contributed by atoms with E-state index in [2.05, 4.69) is 0 Å². The first-order chi connectivity index (χ1) is 8.22. The van der Waals surface area contributed by atoms with Crippen LogP contribution in [0.1, 0.15) is 17.3 Å². The fourth-order valence-electron chi connectivity index (χ4n) is 1.27. The van der Waals surface area contributed by atoms with Gasteiger partial charge < -0.3 is 14.2 Å². The number of hydrogen-bond acceptors (Lipinski definition) is 4. The highest BCUT2D eigenvalue weighted by Gasteiger charge is 2.11. The van der Waals surface area contributed by atoms with E-state index in [0.717, 1.165) is 0 Å². The minimum absolute atomic E-state index is 0.268. The molecule has 0 N–H and O–H groups in total. The van der Waals surface area contributed by atoms with Crippen LogP contribution in [0, 0.1) is 0 Å². The fourth-order valence-corrected chi connectivity index (χ4v) is 1.27. The first kappa shape index (κ1) is 13.1. The zero-order valence-corrected chi connectivity index (χ0v) is 10.2. The third-order valence-corrected chi connectivity index (χ3v) is 2.17. The Kier molecular flexibility index (Phi) is 5.07. The Balaban J connectivity index is 2.80. The van der Waals surface area contributed by atoms with Gasteiger partial charge in [-0.3, -0.25) is 0 Å². The number of benzene rings is 1. The summed E-state index contributed by atoms with van der Waals surface area (Å²) in [7, 11) is 3.06. The lowest BCUT2D eigenvalue weighted by atomic mass is 10.2. The van der Waals surface area contributed by atoms with Crippen LogP contribution in [-0.4, -0.2) is 26.8 Å². The smallest absolute Gasteiger partial charge is 0.338 e. The molecule has 0 unspecified atom stereocenters. The average molecular weight is 236 g/mol. The summed E-state index contributed by atoms with van der Waals surface area (Å²) in [6.45, 7) is 2.13. The van der Waals surface area contributed by atoms with E-state index in [1.807, 2.05) is 13.0 Å². The molecule has 0 aromatic heterocycles. The van der Waals surface area contributed by atoms with Gasteiger partial charge in [-0.2, -0.15) is 0 Å². The molecule has 0 atom stereocenters. The van der Waals surface area contributed by atoms with Gasteiger partial charge in [0.05, 0.1) is 19.8 Å². The maximum Gasteiger partial charge on any atom is 0.338 e. The number of esters is 1. The van der Waals surface area contributed by atoms with Crippen molar-refractivity contribution in [2.24, 2.45) is 0 Å². The van der Waals surface area contributed by atoms with Crippen LogP contribution >= 0.6 is 0 Å². The Morgan fingerprint density at radius 2 is 1.94 bits per heavy atom. The summed E-state index contributed by atoms with van der Waals surface area (Å²) in [6.07, 6.45) is 3.58. The van der Waals surface area contributed by atoms with Crippen LogP contribution in [-0.2, 0) is 4.74 Å². The first-order valence-corrected chi connectivity index (χ1v) is 5.23. The molecule has 0 saturated heterocycles. The Morgan fingerprint density at radius 3 is 2.53 bits per heavy atom. The van der Waals surface area contributed by atoms with E-state index in [4.69, 9.17) is 14.2 Å². The van der Waals surface area contributed by atoms with E-state index < -0.39 is 0 Å². The molecule has 0 spiro atoms. The molecule has 4 nitrogen and oxygen atoms in total. The Bertz CT molecular complexity index is 410. The molecule has 1 rings (SSSR count). The average Bonchev–Trinajstić information content (AvgIpc) is 2.38. The van der Waals surface area contributed by atoms with Crippen molar-refractivity contribution in [2.75, 3.05) is 20.8 Å². The van der Waals surface area contributed by atoms with Crippen LogP contribution in [0.25, 0.3) is 0 Å². The van der Waals surface area contributed by atoms with Gasteiger partial charge >= 0.3 is 5.97 Å². The van der Waals surface area contributed by atoms with Crippen molar-refractivity contribution >= 4 is 5.97 Å². The molecule has 0 saturated carbocycles. The van der Waals surface area contributed by atoms with Crippen LogP contribution in [0.4, 0.5) is 0 Å². The Hall–Kier alpha value is -1.97. The summed E-state index contributed by atoms with van der Waals surface area (Å²) in [4.78, 5) is 11.6. The highest BCUT2D eigenvalue weighted by Crippen LogP contribution is 2.27. The van der Waals surface area contributed by atoms with Crippen LogP contribution in [0.5, 0.6) is 11.5 Å². The van der Waals surface area contributed by atoms with Crippen molar-refractivity contribution in [1.29, 1.82) is 0 Å². The zero-order valence-electron chi connectivity index (χ0n) is 10.2. The zero-order chi connectivity index (χ0) is 12.7. The van der Waals surface area contributed by atoms with E-state index in [1.54, 1.807) is 31.4 Å². The van der Waals surface area contributed by atoms with Gasteiger partial charge in [0.25, 0.3) is 0 Å². The highest BCUT2D eigenvalue weighted by atomic mass is 16.5. The molecule has 17 heavy (non-hydrogen) atoms. The van der Waals surface area contributed by atoms with E-state index in [0.29, 0.717) is 17.1 Å². The topological polar surface area (TPSA) is 44.8 Å². The lowest BCUT2D eigenvalue weighted by Crippen LogP contribution is -2.05. The molecule has 0 bridgehead atoms. The van der Waals surface area contributed by atoms with Gasteiger partial charge in [0.15, 0.2) is 11.5 Å². The standard InChI is InChI=1S/C13H16O4/c1-4-5-8-17-13(14)10-6-7-11(15-2)12(9-10)16-3/h4-7,9H,8H2,1-3H3. The molecule has 1 aromatic rings. The Labute approximate surface area is 101 Å². The quantitative estimate of drug-likeness (QED) is 0.582. The summed E-state index contributed by atoms with van der Waals surface area (Å²) in [5.74, 6) is 0.703. The van der Waals surface area contributed by atoms with Crippen LogP contribution < -0.4 is 9.47 Å². The van der Waals surface area contributed by atoms with Crippen molar-refractivity contribution in [3.8, 4) is 11.5 Å². The summed E-state index contributed by atoms with van der Waals surface area (Å²) in [5, 5.41) is 0. The van der Waals surface area contributed by atoms with Crippen molar-refractivity contribution < 1.29 is 19.0 Å². The van der Waals surface area contributed by atoms with Crippen molar-refractivity contribution in [3.63, 3.8) is 0 Å². The molecule has 0 aliphatic carbocycles. The SMILES string of the molecule is CC=CCOC(=O)c1ccc(OC)c(OC)c1. The third-order valence-electron chi connectivity index (χ3n) is 2.17. The fraction of sp³-hybridized carbons (Fsp3) is 0.308. The van der Waals surface area contributed by atoms with Gasteiger partial charge in [0, 0.05) is 0 Å². The number of rotatable bonds is 5. The largest absolute Gasteiger partial charge is 0.493 e. The van der Waals surface area contributed by atoms with Crippen molar-refractivity contribution in [2.45, 2.75) is 6.92 Å². The number of allylic oxidation sites excluding steroid dienone is 1. The van der Waals surface area contributed by atoms with E-state index >= 15 is 0 Å². The molecule has 0 amide bonds. The number of hydrogen-bond donors (Lipinski definition) is 0. The van der Waals surface area contributed by atoms with Crippen LogP contribution in [0.3, 0.4) is 0 Å². The normalized spacial score (nSPS) is 10.3. The van der Waals surface area contributed by atoms with Crippen molar-refractivity contribution in [1.82, 2.24) is 0 Å². The van der Waals surface area contributed by atoms with Crippen LogP contribution in [0.15, 0.2) is 30.4 Å². The van der Waals surface area contributed by atoms with Crippen molar-refractivity contribution in [3.05, 3.63) is 35.9 Å². The molecule has 1 aromatic carbocycles. The lowest BCUT2D eigenvalue weighted by molar-refractivity contribution is 0.0549. The number of carbonyl (C=O) groups is 1. The number of carbonyl (C=O) groups excluding carboxylic acids is 1. The predicted octanol–water partition coefficient (Wildman–Crippen LogP) is 2.44. The number of methoxy groups -OCH3 is 2. The maximum absolute atomic E-state index is 11.6. The minimum Gasteiger partial charge on any atom is -0.493 e. The molecule has 0 fully saturated rings. The summed E-state index contributed by atoms with van der Waals surface area (Å²) >= 11 is 0. The second kappa shape index (κ2) is 6.58. The van der Waals surface area contributed by atoms with Gasteiger partial charge in [-0.1, -0.05) is 12.2 Å². The molecule has 0 radical (unpaired) electrons. The summed E-state index contributed by atoms with van der Waals surface area (Å²) < 4.78 is 15.2. The minimum atomic E-state index is -0.385. The summed E-state index contributed by atoms with van der Waals surface area (Å²) in [6, 6.07) is 4.90. The van der Waals surface area contributed by atoms with Gasteiger partial charge in [-0.05, 0) is 25.1 Å². The molecule has 4 heteroatoms. The lowest BCUT2D eigenvalue weighted by Gasteiger charge is -2.08. The van der Waals surface area contributed by atoms with Gasteiger partial charge in [0.1, 0.15) is 6.61 Å². The van der Waals surface area contributed by atoms with E-state index in [9.17, 15) is 4.79 Å². The molecule has 0 aliphatic rings. The summed E-state index contributed by atoms with van der Waals surface area (Å²) in [5.41, 5.74) is 0.437. The molecule has 0 heterocycles. The molecule has 0 aliphatic heterocycles. The third kappa shape index (κ3) is 3.52. The number of ether oxygens (including phenoxy) is 3. The first-order valence-electron chi connectivity index (χ1n) is 5.23. The maximum atomic E-state index is 11.6. The second-order valence-corrected chi connectivity index (χ2v) is 3.24. The second-order valence-electron chi connectivity index (χ2n) is 3.24. The van der Waals surface area contributed by atoms with Crippen LogP contribution in [0.2, 0.25) is 0 Å². The van der Waals surface area contributed by atoms with Gasteiger partial charge in [-0.15, -0.1) is 0 Å². The molecule has 92 valence electrons. The monoisotopic (exact) mass is 236 g/mol. The Morgan fingerprint density at radius 1 is 1.24 bits per heavy atom. The highest BCUT2D eigenvalue weighted by molar-refractivity contribution is 5.90. The predicted molar refractivity (Wildman–Crippen MR) is 64.6 cm³/mol. The molecular weight excluding hydrogens is 220 g/mol.